The minimum atomic E-state index is -3.59. The van der Waals surface area contributed by atoms with Gasteiger partial charge in [0.15, 0.2) is 0 Å². The molecule has 2 saturated heterocycles. The summed E-state index contributed by atoms with van der Waals surface area (Å²) < 4.78 is 28.1. The fourth-order valence-corrected chi connectivity index (χ4v) is 5.00. The molecule has 2 fully saturated rings. The normalized spacial score (nSPS) is 21.2. The standard InChI is InChI=1S/C21H31N3O5S/c1-21(2,3)29-20(26)23-10-8-17(9-11-23)16-4-6-18(7-5-16)24-13-15(12-19(24)25)14-30(22,27)28/h4-7,15,17H,8-14H2,1-3H3,(H2,22,27,28). The molecule has 0 aliphatic carbocycles. The van der Waals surface area contributed by atoms with Crippen LogP contribution in [0.15, 0.2) is 24.3 Å². The summed E-state index contributed by atoms with van der Waals surface area (Å²) in [5, 5.41) is 5.12. The zero-order valence-corrected chi connectivity index (χ0v) is 18.7. The van der Waals surface area contributed by atoms with Crippen LogP contribution in [0.25, 0.3) is 0 Å². The largest absolute Gasteiger partial charge is 0.444 e. The van der Waals surface area contributed by atoms with Gasteiger partial charge in [-0.05, 0) is 57.2 Å². The molecule has 2 N–H and O–H groups in total. The molecule has 2 aliphatic heterocycles. The summed E-state index contributed by atoms with van der Waals surface area (Å²) in [6.45, 7) is 7.26. The van der Waals surface area contributed by atoms with Crippen molar-refractivity contribution in [3.8, 4) is 0 Å². The minimum Gasteiger partial charge on any atom is -0.444 e. The molecular weight excluding hydrogens is 406 g/mol. The number of nitrogens with zero attached hydrogens (tertiary/aromatic N) is 2. The van der Waals surface area contributed by atoms with Gasteiger partial charge in [-0.15, -0.1) is 0 Å². The van der Waals surface area contributed by atoms with Gasteiger partial charge in [-0.25, -0.2) is 18.4 Å². The van der Waals surface area contributed by atoms with Crippen LogP contribution in [0.3, 0.4) is 0 Å². The third kappa shape index (κ3) is 5.95. The minimum absolute atomic E-state index is 0.0814. The molecule has 2 heterocycles. The van der Waals surface area contributed by atoms with Crippen LogP contribution < -0.4 is 10.0 Å². The van der Waals surface area contributed by atoms with Gasteiger partial charge in [-0.1, -0.05) is 12.1 Å². The average molecular weight is 438 g/mol. The van der Waals surface area contributed by atoms with Gasteiger partial charge in [0.1, 0.15) is 5.60 Å². The zero-order chi connectivity index (χ0) is 22.1. The first-order chi connectivity index (χ1) is 13.9. The number of anilines is 1. The molecule has 0 aromatic heterocycles. The molecule has 30 heavy (non-hydrogen) atoms. The van der Waals surface area contributed by atoms with E-state index in [4.69, 9.17) is 9.88 Å². The zero-order valence-electron chi connectivity index (χ0n) is 17.8. The Bertz CT molecular complexity index is 884. The van der Waals surface area contributed by atoms with Crippen LogP contribution in [0.1, 0.15) is 51.5 Å². The highest BCUT2D eigenvalue weighted by atomic mass is 32.2. The number of rotatable bonds is 4. The number of hydrogen-bond acceptors (Lipinski definition) is 5. The van der Waals surface area contributed by atoms with E-state index in [-0.39, 0.29) is 30.1 Å². The Kier molecular flexibility index (Phi) is 6.43. The van der Waals surface area contributed by atoms with Crippen molar-refractivity contribution in [1.82, 2.24) is 4.90 Å². The van der Waals surface area contributed by atoms with Crippen LogP contribution in [-0.2, 0) is 19.6 Å². The fraction of sp³-hybridized carbons (Fsp3) is 0.619. The number of nitrogens with two attached hydrogens (primary N) is 1. The van der Waals surface area contributed by atoms with Crippen molar-refractivity contribution in [2.75, 3.05) is 30.3 Å². The van der Waals surface area contributed by atoms with E-state index in [0.717, 1.165) is 18.5 Å². The molecule has 0 radical (unpaired) electrons. The van der Waals surface area contributed by atoms with Crippen LogP contribution in [0.4, 0.5) is 10.5 Å². The summed E-state index contributed by atoms with van der Waals surface area (Å²) >= 11 is 0. The molecule has 2 amide bonds. The van der Waals surface area contributed by atoms with Gasteiger partial charge >= 0.3 is 6.09 Å². The summed E-state index contributed by atoms with van der Waals surface area (Å²) in [6.07, 6.45) is 1.65. The number of hydrogen-bond donors (Lipinski definition) is 1. The van der Waals surface area contributed by atoms with E-state index in [1.54, 1.807) is 9.80 Å². The predicted octanol–water partition coefficient (Wildman–Crippen LogP) is 2.44. The molecule has 2 aliphatic rings. The Labute approximate surface area is 178 Å². The maximum atomic E-state index is 12.3. The lowest BCUT2D eigenvalue weighted by molar-refractivity contribution is -0.117. The molecule has 0 bridgehead atoms. The Hall–Kier alpha value is -2.13. The van der Waals surface area contributed by atoms with Gasteiger partial charge in [0, 0.05) is 37.7 Å². The topological polar surface area (TPSA) is 110 Å². The highest BCUT2D eigenvalue weighted by molar-refractivity contribution is 7.89. The van der Waals surface area contributed by atoms with Crippen molar-refractivity contribution in [3.05, 3.63) is 29.8 Å². The smallest absolute Gasteiger partial charge is 0.410 e. The number of ether oxygens (including phenoxy) is 1. The third-order valence-corrected chi connectivity index (χ3v) is 6.43. The summed E-state index contributed by atoms with van der Waals surface area (Å²) in [6, 6.07) is 7.85. The third-order valence-electron chi connectivity index (χ3n) is 5.50. The van der Waals surface area contributed by atoms with Crippen LogP contribution in [0.5, 0.6) is 0 Å². The molecule has 166 valence electrons. The Morgan fingerprint density at radius 1 is 1.17 bits per heavy atom. The number of likely N-dealkylation sites (tertiary alicyclic amines) is 1. The maximum Gasteiger partial charge on any atom is 0.410 e. The van der Waals surface area contributed by atoms with E-state index < -0.39 is 15.6 Å². The molecule has 1 unspecified atom stereocenters. The Morgan fingerprint density at radius 2 is 1.77 bits per heavy atom. The highest BCUT2D eigenvalue weighted by Gasteiger charge is 2.33. The Morgan fingerprint density at radius 3 is 2.30 bits per heavy atom. The molecule has 9 heteroatoms. The van der Waals surface area contributed by atoms with E-state index in [2.05, 4.69) is 0 Å². The average Bonchev–Trinajstić information content (AvgIpc) is 2.99. The molecule has 0 saturated carbocycles. The van der Waals surface area contributed by atoms with Crippen molar-refractivity contribution in [2.24, 2.45) is 11.1 Å². The quantitative estimate of drug-likeness (QED) is 0.778. The summed E-state index contributed by atoms with van der Waals surface area (Å²) in [4.78, 5) is 27.9. The van der Waals surface area contributed by atoms with Crippen LogP contribution >= 0.6 is 0 Å². The lowest BCUT2D eigenvalue weighted by Crippen LogP contribution is -2.41. The number of sulfonamides is 1. The van der Waals surface area contributed by atoms with Crippen LogP contribution in [-0.4, -0.2) is 56.3 Å². The summed E-state index contributed by atoms with van der Waals surface area (Å²) in [5.74, 6) is -0.183. The van der Waals surface area contributed by atoms with Crippen LogP contribution in [0, 0.1) is 5.92 Å². The molecule has 8 nitrogen and oxygen atoms in total. The van der Waals surface area contributed by atoms with Gasteiger partial charge < -0.3 is 14.5 Å². The first-order valence-electron chi connectivity index (χ1n) is 10.3. The second-order valence-electron chi connectivity index (χ2n) is 9.24. The van der Waals surface area contributed by atoms with Gasteiger partial charge in [0.05, 0.1) is 5.75 Å². The number of piperidine rings is 1. The van der Waals surface area contributed by atoms with E-state index in [1.807, 2.05) is 45.0 Å². The summed E-state index contributed by atoms with van der Waals surface area (Å²) in [7, 11) is -3.59. The molecule has 1 atom stereocenters. The SMILES string of the molecule is CC(C)(C)OC(=O)N1CCC(c2ccc(N3CC(CS(N)(=O)=O)CC3=O)cc2)CC1. The molecule has 0 spiro atoms. The van der Waals surface area contributed by atoms with Gasteiger partial charge in [-0.2, -0.15) is 0 Å². The van der Waals surface area contributed by atoms with Crippen LogP contribution in [0.2, 0.25) is 0 Å². The number of primary sulfonamides is 1. The number of amides is 2. The second-order valence-corrected chi connectivity index (χ2v) is 10.9. The molecular formula is C21H31N3O5S. The lowest BCUT2D eigenvalue weighted by Gasteiger charge is -2.33. The van der Waals surface area contributed by atoms with Gasteiger partial charge in [0.25, 0.3) is 0 Å². The Balaban J connectivity index is 1.57. The number of benzene rings is 1. The second kappa shape index (κ2) is 8.55. The number of carbonyl (C=O) groups excluding carboxylic acids is 2. The first-order valence-corrected chi connectivity index (χ1v) is 12.0. The van der Waals surface area contributed by atoms with Crippen molar-refractivity contribution < 1.29 is 22.7 Å². The van der Waals surface area contributed by atoms with Crippen molar-refractivity contribution >= 4 is 27.7 Å². The van der Waals surface area contributed by atoms with Crippen molar-refractivity contribution in [1.29, 1.82) is 0 Å². The highest BCUT2D eigenvalue weighted by Crippen LogP contribution is 2.32. The first kappa shape index (κ1) is 22.6. The number of carbonyl (C=O) groups is 2. The van der Waals surface area contributed by atoms with Gasteiger partial charge in [0.2, 0.25) is 15.9 Å². The summed E-state index contributed by atoms with van der Waals surface area (Å²) in [5.41, 5.74) is 1.45. The predicted molar refractivity (Wildman–Crippen MR) is 115 cm³/mol. The lowest BCUT2D eigenvalue weighted by atomic mass is 9.89. The van der Waals surface area contributed by atoms with Crippen molar-refractivity contribution in [3.63, 3.8) is 0 Å². The molecule has 1 aromatic rings. The van der Waals surface area contributed by atoms with E-state index in [0.29, 0.717) is 25.6 Å². The molecule has 3 rings (SSSR count). The fourth-order valence-electron chi connectivity index (χ4n) is 4.12. The van der Waals surface area contributed by atoms with Gasteiger partial charge in [-0.3, -0.25) is 4.79 Å². The van der Waals surface area contributed by atoms with E-state index in [9.17, 15) is 18.0 Å². The van der Waals surface area contributed by atoms with E-state index in [1.165, 1.54) is 5.56 Å². The monoisotopic (exact) mass is 437 g/mol. The maximum absolute atomic E-state index is 12.3. The van der Waals surface area contributed by atoms with Crippen molar-refractivity contribution in [2.45, 2.75) is 51.6 Å². The molecule has 1 aromatic carbocycles. The van der Waals surface area contributed by atoms with E-state index >= 15 is 0 Å².